The minimum atomic E-state index is 0.265. The Labute approximate surface area is 163 Å². The molecule has 0 aliphatic carbocycles. The SMILES string of the molecule is CC(C)NC(=S)N/N=C/c1sc(N2CCOCC2)nc1-c1ccccc1. The van der Waals surface area contributed by atoms with Crippen molar-refractivity contribution in [1.82, 2.24) is 15.7 Å². The second-order valence-corrected chi connectivity index (χ2v) is 7.59. The van der Waals surface area contributed by atoms with E-state index in [9.17, 15) is 0 Å². The Morgan fingerprint density at radius 3 is 2.73 bits per heavy atom. The van der Waals surface area contributed by atoms with Gasteiger partial charge < -0.3 is 15.0 Å². The Hall–Kier alpha value is -2.03. The number of hydrazone groups is 1. The topological polar surface area (TPSA) is 61.8 Å². The maximum atomic E-state index is 5.44. The fourth-order valence-corrected chi connectivity index (χ4v) is 3.84. The molecule has 0 atom stereocenters. The maximum Gasteiger partial charge on any atom is 0.187 e. The number of hydrogen-bond donors (Lipinski definition) is 2. The minimum absolute atomic E-state index is 0.265. The zero-order valence-corrected chi connectivity index (χ0v) is 16.6. The summed E-state index contributed by atoms with van der Waals surface area (Å²) in [4.78, 5) is 8.13. The largest absolute Gasteiger partial charge is 0.378 e. The van der Waals surface area contributed by atoms with Gasteiger partial charge in [0.1, 0.15) is 0 Å². The molecule has 138 valence electrons. The first kappa shape index (κ1) is 18.8. The molecule has 2 heterocycles. The summed E-state index contributed by atoms with van der Waals surface area (Å²) in [6.45, 7) is 7.25. The Bertz CT molecular complexity index is 754. The number of ether oxygens (including phenoxy) is 1. The monoisotopic (exact) mass is 389 g/mol. The van der Waals surface area contributed by atoms with Crippen LogP contribution in [-0.4, -0.2) is 48.7 Å². The van der Waals surface area contributed by atoms with E-state index in [4.69, 9.17) is 21.9 Å². The molecule has 8 heteroatoms. The number of aromatic nitrogens is 1. The number of hydrogen-bond acceptors (Lipinski definition) is 6. The van der Waals surface area contributed by atoms with Crippen molar-refractivity contribution < 1.29 is 4.74 Å². The van der Waals surface area contributed by atoms with Crippen LogP contribution in [0.5, 0.6) is 0 Å². The fraction of sp³-hybridized carbons (Fsp3) is 0.389. The van der Waals surface area contributed by atoms with Gasteiger partial charge in [0.25, 0.3) is 0 Å². The first-order chi connectivity index (χ1) is 12.6. The van der Waals surface area contributed by atoms with Crippen molar-refractivity contribution in [1.29, 1.82) is 0 Å². The van der Waals surface area contributed by atoms with E-state index in [1.54, 1.807) is 17.6 Å². The molecule has 0 saturated carbocycles. The number of thiazole rings is 1. The maximum absolute atomic E-state index is 5.44. The van der Waals surface area contributed by atoms with Crippen molar-refractivity contribution in [3.63, 3.8) is 0 Å². The highest BCUT2D eigenvalue weighted by Crippen LogP contribution is 2.32. The lowest BCUT2D eigenvalue weighted by atomic mass is 10.1. The molecule has 6 nitrogen and oxygen atoms in total. The molecule has 1 saturated heterocycles. The Morgan fingerprint density at radius 2 is 2.04 bits per heavy atom. The normalized spacial score (nSPS) is 14.8. The van der Waals surface area contributed by atoms with E-state index in [-0.39, 0.29) is 6.04 Å². The highest BCUT2D eigenvalue weighted by Gasteiger charge is 2.18. The highest BCUT2D eigenvalue weighted by atomic mass is 32.1. The van der Waals surface area contributed by atoms with E-state index >= 15 is 0 Å². The van der Waals surface area contributed by atoms with E-state index in [1.807, 2.05) is 32.0 Å². The number of nitrogens with zero attached hydrogens (tertiary/aromatic N) is 3. The lowest BCUT2D eigenvalue weighted by Gasteiger charge is -2.26. The van der Waals surface area contributed by atoms with Crippen molar-refractivity contribution >= 4 is 40.0 Å². The fourth-order valence-electron chi connectivity index (χ4n) is 2.54. The van der Waals surface area contributed by atoms with Crippen molar-refractivity contribution in [2.45, 2.75) is 19.9 Å². The minimum Gasteiger partial charge on any atom is -0.378 e. The summed E-state index contributed by atoms with van der Waals surface area (Å²) in [5.74, 6) is 0. The quantitative estimate of drug-likeness (QED) is 0.466. The molecule has 0 radical (unpaired) electrons. The van der Waals surface area contributed by atoms with E-state index in [0.29, 0.717) is 5.11 Å². The van der Waals surface area contributed by atoms with Crippen LogP contribution in [0.1, 0.15) is 18.7 Å². The van der Waals surface area contributed by atoms with Gasteiger partial charge in [-0.05, 0) is 26.1 Å². The molecule has 2 aromatic rings. The Balaban J connectivity index is 1.82. The van der Waals surface area contributed by atoms with Gasteiger partial charge in [-0.15, -0.1) is 0 Å². The Kier molecular flexibility index (Phi) is 6.54. The number of morpholine rings is 1. The van der Waals surface area contributed by atoms with Gasteiger partial charge in [-0.2, -0.15) is 5.10 Å². The van der Waals surface area contributed by atoms with Gasteiger partial charge in [0.05, 0.1) is 30.0 Å². The van der Waals surface area contributed by atoms with Gasteiger partial charge >= 0.3 is 0 Å². The highest BCUT2D eigenvalue weighted by molar-refractivity contribution is 7.80. The number of nitrogens with one attached hydrogen (secondary N) is 2. The van der Waals surface area contributed by atoms with Crippen LogP contribution in [0.3, 0.4) is 0 Å². The van der Waals surface area contributed by atoms with Gasteiger partial charge in [-0.25, -0.2) is 4.98 Å². The molecule has 1 aliphatic rings. The summed E-state index contributed by atoms with van der Waals surface area (Å²) in [6, 6.07) is 10.4. The molecule has 1 fully saturated rings. The van der Waals surface area contributed by atoms with Crippen LogP contribution >= 0.6 is 23.6 Å². The molecule has 0 spiro atoms. The van der Waals surface area contributed by atoms with Crippen LogP contribution in [0.2, 0.25) is 0 Å². The zero-order chi connectivity index (χ0) is 18.4. The van der Waals surface area contributed by atoms with Gasteiger partial charge in [0.2, 0.25) is 0 Å². The summed E-state index contributed by atoms with van der Waals surface area (Å²) in [6.07, 6.45) is 1.79. The Morgan fingerprint density at radius 1 is 1.31 bits per heavy atom. The van der Waals surface area contributed by atoms with Crippen LogP contribution < -0.4 is 15.6 Å². The number of benzene rings is 1. The first-order valence-corrected chi connectivity index (χ1v) is 9.84. The van der Waals surface area contributed by atoms with Crippen LogP contribution in [0.4, 0.5) is 5.13 Å². The van der Waals surface area contributed by atoms with E-state index < -0.39 is 0 Å². The summed E-state index contributed by atoms with van der Waals surface area (Å²) >= 11 is 6.84. The molecule has 0 bridgehead atoms. The molecule has 2 N–H and O–H groups in total. The standard InChI is InChI=1S/C18H23N5OS2/c1-13(2)20-17(25)22-19-12-15-16(14-6-4-3-5-7-14)21-18(26-15)23-8-10-24-11-9-23/h3-7,12-13H,8-11H2,1-2H3,(H2,20,22,25)/b19-12+. The summed E-state index contributed by atoms with van der Waals surface area (Å²) < 4.78 is 5.44. The van der Waals surface area contributed by atoms with Crippen LogP contribution in [-0.2, 0) is 4.74 Å². The van der Waals surface area contributed by atoms with Crippen LogP contribution in [0.15, 0.2) is 35.4 Å². The lowest BCUT2D eigenvalue weighted by Crippen LogP contribution is -2.36. The van der Waals surface area contributed by atoms with Crippen molar-refractivity contribution in [3.05, 3.63) is 35.2 Å². The third-order valence-corrected chi connectivity index (χ3v) is 5.00. The first-order valence-electron chi connectivity index (χ1n) is 8.62. The zero-order valence-electron chi connectivity index (χ0n) is 14.9. The third-order valence-electron chi connectivity index (χ3n) is 3.74. The third kappa shape index (κ3) is 5.00. The summed E-state index contributed by atoms with van der Waals surface area (Å²) in [7, 11) is 0. The average molecular weight is 390 g/mol. The van der Waals surface area contributed by atoms with Gasteiger partial charge in [-0.1, -0.05) is 41.7 Å². The van der Waals surface area contributed by atoms with Crippen molar-refractivity contribution in [3.8, 4) is 11.3 Å². The molecule has 26 heavy (non-hydrogen) atoms. The lowest BCUT2D eigenvalue weighted by molar-refractivity contribution is 0.122. The smallest absolute Gasteiger partial charge is 0.187 e. The number of thiocarbonyl (C=S) groups is 1. The second kappa shape index (κ2) is 9.07. The summed E-state index contributed by atoms with van der Waals surface area (Å²) in [5.41, 5.74) is 4.88. The molecular formula is C18H23N5OS2. The van der Waals surface area contributed by atoms with Crippen molar-refractivity contribution in [2.75, 3.05) is 31.2 Å². The van der Waals surface area contributed by atoms with Crippen molar-refractivity contribution in [2.24, 2.45) is 5.10 Å². The molecule has 0 amide bonds. The van der Waals surface area contributed by atoms with Gasteiger partial charge in [-0.3, -0.25) is 5.43 Å². The van der Waals surface area contributed by atoms with E-state index in [2.05, 4.69) is 32.9 Å². The second-order valence-electron chi connectivity index (χ2n) is 6.17. The van der Waals surface area contributed by atoms with Gasteiger partial charge in [0, 0.05) is 24.7 Å². The van der Waals surface area contributed by atoms with Crippen LogP contribution in [0.25, 0.3) is 11.3 Å². The molecular weight excluding hydrogens is 366 g/mol. The molecule has 0 unspecified atom stereocenters. The predicted octanol–water partition coefficient (Wildman–Crippen LogP) is 2.85. The molecule has 1 aromatic carbocycles. The van der Waals surface area contributed by atoms with E-state index in [1.165, 1.54) is 0 Å². The molecule has 3 rings (SSSR count). The number of anilines is 1. The number of rotatable bonds is 5. The molecule has 1 aliphatic heterocycles. The predicted molar refractivity (Wildman–Crippen MR) is 112 cm³/mol. The van der Waals surface area contributed by atoms with Gasteiger partial charge in [0.15, 0.2) is 10.2 Å². The molecule has 1 aromatic heterocycles. The average Bonchev–Trinajstić information content (AvgIpc) is 3.07. The summed E-state index contributed by atoms with van der Waals surface area (Å²) in [5, 5.41) is 8.90. The van der Waals surface area contributed by atoms with E-state index in [0.717, 1.165) is 47.6 Å². The van der Waals surface area contributed by atoms with Crippen LogP contribution in [0, 0.1) is 0 Å².